The fourth-order valence-corrected chi connectivity index (χ4v) is 3.75. The average molecular weight is 307 g/mol. The van der Waals surface area contributed by atoms with Gasteiger partial charge >= 0.3 is 5.97 Å². The third-order valence-corrected chi connectivity index (χ3v) is 4.46. The Hall–Kier alpha value is -1.91. The zero-order chi connectivity index (χ0) is 15.9. The lowest BCUT2D eigenvalue weighted by Crippen LogP contribution is -2.17. The van der Waals surface area contributed by atoms with Crippen LogP contribution in [0.1, 0.15) is 49.8 Å². The molecule has 1 unspecified atom stereocenters. The molecule has 1 aromatic heterocycles. The zero-order valence-corrected chi connectivity index (χ0v) is 12.5. The lowest BCUT2D eigenvalue weighted by Gasteiger charge is -2.24. The van der Waals surface area contributed by atoms with Crippen LogP contribution in [0.15, 0.2) is 12.1 Å². The third-order valence-electron chi connectivity index (χ3n) is 4.46. The van der Waals surface area contributed by atoms with E-state index in [2.05, 4.69) is 0 Å². The van der Waals surface area contributed by atoms with Crippen LogP contribution in [0.2, 0.25) is 0 Å². The average Bonchev–Trinajstić information content (AvgIpc) is 2.74. The topological polar surface area (TPSA) is 42.2 Å². The highest BCUT2D eigenvalue weighted by Crippen LogP contribution is 2.41. The second-order valence-electron chi connectivity index (χ2n) is 5.98. The van der Waals surface area contributed by atoms with Gasteiger partial charge in [0.15, 0.2) is 0 Å². The van der Waals surface area contributed by atoms with Crippen LogP contribution in [0, 0.1) is 11.6 Å². The standard InChI is InChI=1S/C17H19F2NO2/c1-2-6-20-14-9-11(18)8-13(19)16(14)12-5-3-4-10(17(12)20)7-15(21)22/h8-10H,2-7H2,1H3,(H,21,22). The van der Waals surface area contributed by atoms with E-state index >= 15 is 0 Å². The molecule has 1 atom stereocenters. The highest BCUT2D eigenvalue weighted by atomic mass is 19.1. The maximum Gasteiger partial charge on any atom is 0.304 e. The Morgan fingerprint density at radius 1 is 1.41 bits per heavy atom. The van der Waals surface area contributed by atoms with Crippen molar-refractivity contribution in [3.8, 4) is 0 Å². The van der Waals surface area contributed by atoms with Crippen molar-refractivity contribution < 1.29 is 18.7 Å². The van der Waals surface area contributed by atoms with E-state index < -0.39 is 17.6 Å². The fraction of sp³-hybridized carbons (Fsp3) is 0.471. The normalized spacial score (nSPS) is 17.7. The van der Waals surface area contributed by atoms with Crippen molar-refractivity contribution >= 4 is 16.9 Å². The SMILES string of the molecule is CCCn1c2c(c3c(F)cc(F)cc31)CCCC2CC(=O)O. The maximum atomic E-state index is 14.3. The molecule has 22 heavy (non-hydrogen) atoms. The number of benzene rings is 1. The number of aryl methyl sites for hydroxylation is 2. The Labute approximate surface area is 127 Å². The summed E-state index contributed by atoms with van der Waals surface area (Å²) in [5.74, 6) is -2.11. The number of aliphatic carboxylic acids is 1. The summed E-state index contributed by atoms with van der Waals surface area (Å²) in [7, 11) is 0. The summed E-state index contributed by atoms with van der Waals surface area (Å²) < 4.78 is 29.9. The number of carboxylic acid groups (broad SMARTS) is 1. The van der Waals surface area contributed by atoms with Gasteiger partial charge in [0, 0.05) is 29.6 Å². The molecule has 0 radical (unpaired) electrons. The molecule has 1 aromatic carbocycles. The number of fused-ring (bicyclic) bond motifs is 3. The molecular weight excluding hydrogens is 288 g/mol. The minimum absolute atomic E-state index is 0.0388. The molecule has 118 valence electrons. The largest absolute Gasteiger partial charge is 0.481 e. The second-order valence-corrected chi connectivity index (χ2v) is 5.98. The summed E-state index contributed by atoms with van der Waals surface area (Å²) in [6.45, 7) is 2.65. The Balaban J connectivity index is 2.28. The summed E-state index contributed by atoms with van der Waals surface area (Å²) in [5.41, 5.74) is 2.33. The van der Waals surface area contributed by atoms with Crippen molar-refractivity contribution in [2.75, 3.05) is 0 Å². The van der Waals surface area contributed by atoms with Crippen LogP contribution in [0.5, 0.6) is 0 Å². The van der Waals surface area contributed by atoms with Crippen molar-refractivity contribution in [3.63, 3.8) is 0 Å². The molecule has 3 nitrogen and oxygen atoms in total. The van der Waals surface area contributed by atoms with Gasteiger partial charge in [-0.1, -0.05) is 6.92 Å². The van der Waals surface area contributed by atoms with Crippen molar-refractivity contribution in [1.82, 2.24) is 4.57 Å². The molecule has 0 bridgehead atoms. The van der Waals surface area contributed by atoms with Gasteiger partial charge in [0.25, 0.3) is 0 Å². The van der Waals surface area contributed by atoms with Gasteiger partial charge in [-0.25, -0.2) is 8.78 Å². The molecule has 2 aromatic rings. The van der Waals surface area contributed by atoms with E-state index in [1.54, 1.807) is 0 Å². The molecule has 0 saturated carbocycles. The number of carboxylic acids is 1. The van der Waals surface area contributed by atoms with Crippen LogP contribution < -0.4 is 0 Å². The van der Waals surface area contributed by atoms with Crippen LogP contribution in [0.4, 0.5) is 8.78 Å². The molecule has 5 heteroatoms. The van der Waals surface area contributed by atoms with E-state index in [1.807, 2.05) is 11.5 Å². The van der Waals surface area contributed by atoms with Crippen molar-refractivity contribution in [3.05, 3.63) is 35.0 Å². The van der Waals surface area contributed by atoms with E-state index in [1.165, 1.54) is 6.07 Å². The monoisotopic (exact) mass is 307 g/mol. The minimum atomic E-state index is -0.849. The second kappa shape index (κ2) is 5.71. The molecule has 3 rings (SSSR count). The smallest absolute Gasteiger partial charge is 0.304 e. The first kappa shape index (κ1) is 15.0. The Morgan fingerprint density at radius 3 is 2.86 bits per heavy atom. The molecule has 0 spiro atoms. The summed E-state index contributed by atoms with van der Waals surface area (Å²) in [5, 5.41) is 9.61. The third kappa shape index (κ3) is 2.38. The fourth-order valence-electron chi connectivity index (χ4n) is 3.75. The van der Waals surface area contributed by atoms with E-state index in [0.29, 0.717) is 17.4 Å². The molecule has 0 amide bonds. The molecule has 1 N–H and O–H groups in total. The molecule has 0 aliphatic heterocycles. The first-order valence-electron chi connectivity index (χ1n) is 7.74. The number of hydrogen-bond acceptors (Lipinski definition) is 1. The van der Waals surface area contributed by atoms with Gasteiger partial charge in [-0.2, -0.15) is 0 Å². The maximum absolute atomic E-state index is 14.3. The molecule has 1 aliphatic rings. The highest BCUT2D eigenvalue weighted by Gasteiger charge is 2.30. The molecule has 0 fully saturated rings. The van der Waals surface area contributed by atoms with Gasteiger partial charge in [-0.3, -0.25) is 4.79 Å². The quantitative estimate of drug-likeness (QED) is 0.918. The van der Waals surface area contributed by atoms with E-state index in [9.17, 15) is 13.6 Å². The lowest BCUT2D eigenvalue weighted by molar-refractivity contribution is -0.137. The minimum Gasteiger partial charge on any atom is -0.481 e. The lowest BCUT2D eigenvalue weighted by atomic mass is 9.84. The molecular formula is C17H19F2NO2. The summed E-state index contributed by atoms with van der Waals surface area (Å²) >= 11 is 0. The van der Waals surface area contributed by atoms with Crippen molar-refractivity contribution in [2.45, 2.75) is 51.5 Å². The predicted molar refractivity (Wildman–Crippen MR) is 80.1 cm³/mol. The number of hydrogen-bond donors (Lipinski definition) is 1. The first-order valence-corrected chi connectivity index (χ1v) is 7.74. The van der Waals surface area contributed by atoms with Crippen LogP contribution >= 0.6 is 0 Å². The number of carbonyl (C=O) groups is 1. The van der Waals surface area contributed by atoms with Gasteiger partial charge in [0.05, 0.1) is 11.9 Å². The van der Waals surface area contributed by atoms with E-state index in [4.69, 9.17) is 5.11 Å². The zero-order valence-electron chi connectivity index (χ0n) is 12.5. The summed E-state index contributed by atoms with van der Waals surface area (Å²) in [4.78, 5) is 11.1. The Kier molecular flexibility index (Phi) is 3.89. The van der Waals surface area contributed by atoms with Crippen LogP contribution in [-0.4, -0.2) is 15.6 Å². The Bertz CT molecular complexity index is 736. The van der Waals surface area contributed by atoms with Gasteiger partial charge in [-0.15, -0.1) is 0 Å². The number of aromatic nitrogens is 1. The predicted octanol–water partition coefficient (Wildman–Crippen LogP) is 4.22. The molecule has 0 saturated heterocycles. The van der Waals surface area contributed by atoms with E-state index in [0.717, 1.165) is 43.0 Å². The summed E-state index contributed by atoms with van der Waals surface area (Å²) in [6.07, 6.45) is 3.21. The summed E-state index contributed by atoms with van der Waals surface area (Å²) in [6, 6.07) is 2.28. The number of nitrogens with zero attached hydrogens (tertiary/aromatic N) is 1. The molecule has 1 aliphatic carbocycles. The van der Waals surface area contributed by atoms with Crippen LogP contribution in [-0.2, 0) is 17.8 Å². The van der Waals surface area contributed by atoms with Gasteiger partial charge in [-0.05, 0) is 37.3 Å². The van der Waals surface area contributed by atoms with Crippen LogP contribution in [0.3, 0.4) is 0 Å². The van der Waals surface area contributed by atoms with Gasteiger partial charge < -0.3 is 9.67 Å². The van der Waals surface area contributed by atoms with Gasteiger partial charge in [0.2, 0.25) is 0 Å². The van der Waals surface area contributed by atoms with Crippen LogP contribution in [0.25, 0.3) is 10.9 Å². The highest BCUT2D eigenvalue weighted by molar-refractivity contribution is 5.87. The van der Waals surface area contributed by atoms with Gasteiger partial charge in [0.1, 0.15) is 11.6 Å². The first-order chi connectivity index (χ1) is 10.5. The van der Waals surface area contributed by atoms with E-state index in [-0.39, 0.29) is 12.3 Å². The molecule has 1 heterocycles. The van der Waals surface area contributed by atoms with Crippen molar-refractivity contribution in [2.24, 2.45) is 0 Å². The number of halogens is 2. The van der Waals surface area contributed by atoms with Crippen molar-refractivity contribution in [1.29, 1.82) is 0 Å². The Morgan fingerprint density at radius 2 is 2.18 bits per heavy atom. The number of rotatable bonds is 4.